The van der Waals surface area contributed by atoms with Gasteiger partial charge in [0.2, 0.25) is 5.91 Å². The molecule has 20 heavy (non-hydrogen) atoms. The van der Waals surface area contributed by atoms with E-state index in [-0.39, 0.29) is 17.9 Å². The van der Waals surface area contributed by atoms with E-state index in [1.54, 1.807) is 0 Å². The summed E-state index contributed by atoms with van der Waals surface area (Å²) in [5, 5.41) is 6.48. The van der Waals surface area contributed by atoms with Crippen LogP contribution in [0.2, 0.25) is 0 Å². The molecule has 1 aliphatic rings. The minimum absolute atomic E-state index is 0.0415. The molecular weight excluding hydrogens is 252 g/mol. The number of carbonyl (C=O) groups is 1. The Morgan fingerprint density at radius 3 is 3.00 bits per heavy atom. The minimum Gasteiger partial charge on any atom is -0.382 e. The Morgan fingerprint density at radius 2 is 2.25 bits per heavy atom. The number of anilines is 1. The molecule has 1 amide bonds. The van der Waals surface area contributed by atoms with Crippen LogP contribution in [-0.4, -0.2) is 31.2 Å². The van der Waals surface area contributed by atoms with Gasteiger partial charge in [-0.05, 0) is 38.8 Å². The summed E-state index contributed by atoms with van der Waals surface area (Å²) in [7, 11) is 0. The molecule has 1 aliphatic heterocycles. The van der Waals surface area contributed by atoms with Crippen molar-refractivity contribution in [3.8, 4) is 0 Å². The van der Waals surface area contributed by atoms with Crippen LogP contribution in [0.3, 0.4) is 0 Å². The Morgan fingerprint density at radius 1 is 1.50 bits per heavy atom. The third-order valence-electron chi connectivity index (χ3n) is 3.60. The quantitative estimate of drug-likeness (QED) is 0.869. The molecule has 0 aromatic heterocycles. The Balaban J connectivity index is 2.06. The van der Waals surface area contributed by atoms with Gasteiger partial charge in [-0.3, -0.25) is 4.79 Å². The predicted octanol–water partition coefficient (Wildman–Crippen LogP) is 2.52. The molecule has 0 radical (unpaired) electrons. The third kappa shape index (κ3) is 3.51. The Kier molecular flexibility index (Phi) is 5.01. The fourth-order valence-electron chi connectivity index (χ4n) is 2.67. The maximum absolute atomic E-state index is 12.5. The third-order valence-corrected chi connectivity index (χ3v) is 3.60. The molecule has 3 atom stereocenters. The molecule has 0 bridgehead atoms. The van der Waals surface area contributed by atoms with Crippen LogP contribution in [0.15, 0.2) is 24.3 Å². The highest BCUT2D eigenvalue weighted by atomic mass is 16.5. The van der Waals surface area contributed by atoms with Gasteiger partial charge in [0.05, 0.1) is 12.5 Å². The first-order chi connectivity index (χ1) is 9.61. The first-order valence-electron chi connectivity index (χ1n) is 7.35. The van der Waals surface area contributed by atoms with Gasteiger partial charge in [0, 0.05) is 24.4 Å². The lowest BCUT2D eigenvalue weighted by molar-refractivity contribution is -0.123. The maximum atomic E-state index is 12.5. The number of fused-ring (bicyclic) bond motifs is 1. The van der Waals surface area contributed by atoms with E-state index in [0.29, 0.717) is 19.3 Å². The highest BCUT2D eigenvalue weighted by Crippen LogP contribution is 2.34. The number of rotatable bonds is 5. The Labute approximate surface area is 120 Å². The summed E-state index contributed by atoms with van der Waals surface area (Å²) >= 11 is 0. The minimum atomic E-state index is -0.0773. The summed E-state index contributed by atoms with van der Waals surface area (Å²) in [6.07, 6.45) is 0.824. The molecule has 3 unspecified atom stereocenters. The number of para-hydroxylation sites is 1. The van der Waals surface area contributed by atoms with Crippen LogP contribution in [0.1, 0.15) is 38.7 Å². The lowest BCUT2D eigenvalue weighted by Gasteiger charge is -2.31. The first-order valence-corrected chi connectivity index (χ1v) is 7.35. The number of amides is 1. The smallest absolute Gasteiger partial charge is 0.227 e. The maximum Gasteiger partial charge on any atom is 0.227 e. The van der Waals surface area contributed by atoms with E-state index < -0.39 is 0 Å². The summed E-state index contributed by atoms with van der Waals surface area (Å²) in [6, 6.07) is 8.40. The summed E-state index contributed by atoms with van der Waals surface area (Å²) < 4.78 is 5.35. The molecule has 2 N–H and O–H groups in total. The first kappa shape index (κ1) is 14.9. The second-order valence-electron chi connectivity index (χ2n) is 5.49. The molecule has 1 aromatic rings. The van der Waals surface area contributed by atoms with Crippen LogP contribution in [0.4, 0.5) is 5.69 Å². The second-order valence-corrected chi connectivity index (χ2v) is 5.49. The zero-order chi connectivity index (χ0) is 14.5. The van der Waals surface area contributed by atoms with Gasteiger partial charge in [-0.2, -0.15) is 0 Å². The molecule has 4 heteroatoms. The average molecular weight is 276 g/mol. The second kappa shape index (κ2) is 6.75. The average Bonchev–Trinajstić information content (AvgIpc) is 2.44. The topological polar surface area (TPSA) is 50.4 Å². The molecule has 0 fully saturated rings. The normalized spacial score (nSPS) is 22.6. The highest BCUT2D eigenvalue weighted by molar-refractivity contribution is 5.86. The number of benzene rings is 1. The van der Waals surface area contributed by atoms with Gasteiger partial charge < -0.3 is 15.4 Å². The predicted molar refractivity (Wildman–Crippen MR) is 81.0 cm³/mol. The largest absolute Gasteiger partial charge is 0.382 e. The van der Waals surface area contributed by atoms with Crippen molar-refractivity contribution in [2.45, 2.75) is 45.2 Å². The molecule has 0 aliphatic carbocycles. The lowest BCUT2D eigenvalue weighted by Crippen LogP contribution is -2.41. The van der Waals surface area contributed by atoms with Crippen molar-refractivity contribution >= 4 is 11.6 Å². The lowest BCUT2D eigenvalue weighted by atomic mass is 9.86. The van der Waals surface area contributed by atoms with Gasteiger partial charge in [-0.25, -0.2) is 0 Å². The molecule has 0 spiro atoms. The van der Waals surface area contributed by atoms with Crippen LogP contribution < -0.4 is 10.6 Å². The van der Waals surface area contributed by atoms with E-state index in [2.05, 4.69) is 17.6 Å². The van der Waals surface area contributed by atoms with Gasteiger partial charge in [-0.1, -0.05) is 18.2 Å². The zero-order valence-electron chi connectivity index (χ0n) is 12.5. The number of hydrogen-bond donors (Lipinski definition) is 2. The molecule has 110 valence electrons. The van der Waals surface area contributed by atoms with Crippen molar-refractivity contribution in [1.82, 2.24) is 5.32 Å². The fraction of sp³-hybridized carbons (Fsp3) is 0.562. The molecule has 1 heterocycles. The molecular formula is C16H24N2O2. The Hall–Kier alpha value is -1.55. The number of ether oxygens (including phenoxy) is 1. The van der Waals surface area contributed by atoms with E-state index in [0.717, 1.165) is 17.7 Å². The molecule has 0 saturated heterocycles. The zero-order valence-corrected chi connectivity index (χ0v) is 12.5. The van der Waals surface area contributed by atoms with Gasteiger partial charge in [0.25, 0.3) is 0 Å². The number of hydrogen-bond acceptors (Lipinski definition) is 3. The van der Waals surface area contributed by atoms with E-state index >= 15 is 0 Å². The van der Waals surface area contributed by atoms with E-state index in [1.165, 1.54) is 0 Å². The summed E-state index contributed by atoms with van der Waals surface area (Å²) in [5.74, 6) is 0.0181. The van der Waals surface area contributed by atoms with E-state index in [1.807, 2.05) is 38.1 Å². The summed E-state index contributed by atoms with van der Waals surface area (Å²) in [4.78, 5) is 12.5. The Bertz CT molecular complexity index is 462. The summed E-state index contributed by atoms with van der Waals surface area (Å²) in [6.45, 7) is 7.28. The van der Waals surface area contributed by atoms with Crippen LogP contribution >= 0.6 is 0 Å². The van der Waals surface area contributed by atoms with E-state index in [9.17, 15) is 4.79 Å². The van der Waals surface area contributed by atoms with Crippen molar-refractivity contribution in [2.75, 3.05) is 18.5 Å². The molecule has 0 saturated carbocycles. The van der Waals surface area contributed by atoms with Crippen molar-refractivity contribution in [3.63, 3.8) is 0 Å². The molecule has 4 nitrogen and oxygen atoms in total. The monoisotopic (exact) mass is 276 g/mol. The van der Waals surface area contributed by atoms with Crippen molar-refractivity contribution < 1.29 is 9.53 Å². The van der Waals surface area contributed by atoms with Crippen molar-refractivity contribution in [1.29, 1.82) is 0 Å². The fourth-order valence-corrected chi connectivity index (χ4v) is 2.67. The standard InChI is InChI=1S/C16H24N2O2/c1-4-20-10-12(3)18-16(19)14-9-11(2)17-15-8-6-5-7-13(14)15/h5-8,11-12,14,17H,4,9-10H2,1-3H3,(H,18,19). The van der Waals surface area contributed by atoms with Gasteiger partial charge in [0.1, 0.15) is 0 Å². The van der Waals surface area contributed by atoms with Crippen molar-refractivity contribution in [3.05, 3.63) is 29.8 Å². The highest BCUT2D eigenvalue weighted by Gasteiger charge is 2.29. The van der Waals surface area contributed by atoms with Crippen LogP contribution in [-0.2, 0) is 9.53 Å². The van der Waals surface area contributed by atoms with Crippen LogP contribution in [0.25, 0.3) is 0 Å². The van der Waals surface area contributed by atoms with Gasteiger partial charge in [0.15, 0.2) is 0 Å². The van der Waals surface area contributed by atoms with Crippen molar-refractivity contribution in [2.24, 2.45) is 0 Å². The van der Waals surface area contributed by atoms with Crippen LogP contribution in [0, 0.1) is 0 Å². The van der Waals surface area contributed by atoms with Gasteiger partial charge in [-0.15, -0.1) is 0 Å². The SMILES string of the molecule is CCOCC(C)NC(=O)C1CC(C)Nc2ccccc21. The number of carbonyl (C=O) groups excluding carboxylic acids is 1. The van der Waals surface area contributed by atoms with Gasteiger partial charge >= 0.3 is 0 Å². The summed E-state index contributed by atoms with van der Waals surface area (Å²) in [5.41, 5.74) is 2.16. The van der Waals surface area contributed by atoms with E-state index in [4.69, 9.17) is 4.74 Å². The molecule has 2 rings (SSSR count). The number of nitrogens with one attached hydrogen (secondary N) is 2. The van der Waals surface area contributed by atoms with Crippen LogP contribution in [0.5, 0.6) is 0 Å². The molecule has 1 aromatic carbocycles.